The van der Waals surface area contributed by atoms with Gasteiger partial charge in [-0.1, -0.05) is 24.4 Å². The second-order valence-electron chi connectivity index (χ2n) is 7.70. The van der Waals surface area contributed by atoms with Crippen molar-refractivity contribution >= 4 is 6.03 Å². The maximum Gasteiger partial charge on any atom is 0.318 e. The Labute approximate surface area is 150 Å². The number of likely N-dealkylation sites (tertiary alicyclic amines) is 1. The van der Waals surface area contributed by atoms with Crippen LogP contribution < -0.4 is 5.32 Å². The lowest BCUT2D eigenvalue weighted by Gasteiger charge is -2.36. The molecule has 1 aromatic rings. The van der Waals surface area contributed by atoms with Crippen LogP contribution in [-0.2, 0) is 0 Å². The minimum absolute atomic E-state index is 0.0449. The van der Waals surface area contributed by atoms with Gasteiger partial charge in [-0.2, -0.15) is 4.98 Å². The zero-order chi connectivity index (χ0) is 17.8. The highest BCUT2D eigenvalue weighted by Crippen LogP contribution is 2.31. The van der Waals surface area contributed by atoms with E-state index in [0.29, 0.717) is 17.9 Å². The molecule has 2 heterocycles. The lowest BCUT2D eigenvalue weighted by molar-refractivity contribution is 0.137. The zero-order valence-electron chi connectivity index (χ0n) is 15.7. The standard InChI is InChI=1S/C18H31N5O2/c1-13(17-20-16(21-25-17)14-8-5-4-6-9-14)19-18(24)23-11-7-10-15(12-23)22(2)3/h13-15H,4-12H2,1-3H3,(H,19,24)/t13-,15-/m0/s1. The average molecular weight is 349 g/mol. The fourth-order valence-corrected chi connectivity index (χ4v) is 3.85. The molecule has 0 unspecified atom stereocenters. The Morgan fingerprint density at radius 1 is 1.24 bits per heavy atom. The SMILES string of the molecule is C[C@H](NC(=O)N1CCC[C@H](N(C)C)C1)c1nc(C2CCCCC2)no1. The fourth-order valence-electron chi connectivity index (χ4n) is 3.85. The number of aromatic nitrogens is 2. The highest BCUT2D eigenvalue weighted by Gasteiger charge is 2.27. The van der Waals surface area contributed by atoms with Crippen LogP contribution in [0.2, 0.25) is 0 Å². The lowest BCUT2D eigenvalue weighted by Crippen LogP contribution is -2.51. The molecule has 3 rings (SSSR count). The first-order chi connectivity index (χ1) is 12.0. The van der Waals surface area contributed by atoms with Crippen LogP contribution in [0.5, 0.6) is 0 Å². The van der Waals surface area contributed by atoms with Gasteiger partial charge in [0.15, 0.2) is 5.82 Å². The number of likely N-dealkylation sites (N-methyl/N-ethyl adjacent to an activating group) is 1. The average Bonchev–Trinajstić information content (AvgIpc) is 3.13. The van der Waals surface area contributed by atoms with Crippen LogP contribution in [0.1, 0.15) is 75.5 Å². The van der Waals surface area contributed by atoms with Gasteiger partial charge in [0.25, 0.3) is 0 Å². The molecule has 0 spiro atoms. The van der Waals surface area contributed by atoms with Gasteiger partial charge in [0.2, 0.25) is 5.89 Å². The molecular weight excluding hydrogens is 318 g/mol. The third kappa shape index (κ3) is 4.51. The normalized spacial score (nSPS) is 23.7. The van der Waals surface area contributed by atoms with Crippen molar-refractivity contribution in [3.63, 3.8) is 0 Å². The number of hydrogen-bond donors (Lipinski definition) is 1. The molecule has 25 heavy (non-hydrogen) atoms. The van der Waals surface area contributed by atoms with Gasteiger partial charge in [0.05, 0.1) is 0 Å². The van der Waals surface area contributed by atoms with E-state index in [2.05, 4.69) is 34.5 Å². The third-order valence-electron chi connectivity index (χ3n) is 5.55. The number of amides is 2. The number of rotatable bonds is 4. The summed E-state index contributed by atoms with van der Waals surface area (Å²) in [5.74, 6) is 1.73. The van der Waals surface area contributed by atoms with Crippen molar-refractivity contribution in [2.24, 2.45) is 0 Å². The molecule has 0 radical (unpaired) electrons. The third-order valence-corrected chi connectivity index (χ3v) is 5.55. The number of piperidine rings is 1. The predicted octanol–water partition coefficient (Wildman–Crippen LogP) is 2.91. The van der Waals surface area contributed by atoms with E-state index < -0.39 is 0 Å². The maximum absolute atomic E-state index is 12.6. The minimum Gasteiger partial charge on any atom is -0.337 e. The van der Waals surface area contributed by atoms with Crippen LogP contribution in [0.3, 0.4) is 0 Å². The summed E-state index contributed by atoms with van der Waals surface area (Å²) in [7, 11) is 4.14. The van der Waals surface area contributed by atoms with E-state index in [1.54, 1.807) is 0 Å². The molecule has 7 nitrogen and oxygen atoms in total. The van der Waals surface area contributed by atoms with Gasteiger partial charge in [-0.05, 0) is 46.7 Å². The first kappa shape index (κ1) is 18.2. The van der Waals surface area contributed by atoms with Crippen molar-refractivity contribution in [3.8, 4) is 0 Å². The van der Waals surface area contributed by atoms with Crippen molar-refractivity contribution in [3.05, 3.63) is 11.7 Å². The summed E-state index contributed by atoms with van der Waals surface area (Å²) in [6.45, 7) is 3.48. The molecule has 0 aromatic carbocycles. The van der Waals surface area contributed by atoms with Gasteiger partial charge >= 0.3 is 6.03 Å². The van der Waals surface area contributed by atoms with Crippen LogP contribution in [-0.4, -0.2) is 59.2 Å². The number of urea groups is 1. The molecule has 0 bridgehead atoms. The molecule has 1 aromatic heterocycles. The summed E-state index contributed by atoms with van der Waals surface area (Å²) in [6, 6.07) is 0.115. The van der Waals surface area contributed by atoms with Crippen LogP contribution in [0.15, 0.2) is 4.52 Å². The molecule has 140 valence electrons. The number of nitrogens with one attached hydrogen (secondary N) is 1. The Balaban J connectivity index is 1.55. The van der Waals surface area contributed by atoms with E-state index in [1.807, 2.05) is 11.8 Å². The van der Waals surface area contributed by atoms with Crippen LogP contribution in [0.25, 0.3) is 0 Å². The molecule has 7 heteroatoms. The number of hydrogen-bond acceptors (Lipinski definition) is 5. The lowest BCUT2D eigenvalue weighted by atomic mass is 9.89. The first-order valence-electron chi connectivity index (χ1n) is 9.60. The fraction of sp³-hybridized carbons (Fsp3) is 0.833. The highest BCUT2D eigenvalue weighted by atomic mass is 16.5. The Bertz CT molecular complexity index is 568. The molecule has 1 N–H and O–H groups in total. The van der Waals surface area contributed by atoms with E-state index in [0.717, 1.165) is 44.6 Å². The Morgan fingerprint density at radius 3 is 2.72 bits per heavy atom. The predicted molar refractivity (Wildman–Crippen MR) is 95.4 cm³/mol. The quantitative estimate of drug-likeness (QED) is 0.905. The van der Waals surface area contributed by atoms with Gasteiger partial charge in [-0.15, -0.1) is 0 Å². The molecule has 1 saturated carbocycles. The van der Waals surface area contributed by atoms with E-state index in [1.165, 1.54) is 19.3 Å². The summed E-state index contributed by atoms with van der Waals surface area (Å²) in [5.41, 5.74) is 0. The van der Waals surface area contributed by atoms with Crippen molar-refractivity contribution in [2.75, 3.05) is 27.2 Å². The summed E-state index contributed by atoms with van der Waals surface area (Å²) in [5, 5.41) is 7.17. The molecule has 2 atom stereocenters. The summed E-state index contributed by atoms with van der Waals surface area (Å²) in [6.07, 6.45) is 8.24. The smallest absolute Gasteiger partial charge is 0.318 e. The molecule has 2 aliphatic rings. The molecule has 2 amide bonds. The van der Waals surface area contributed by atoms with Gasteiger partial charge < -0.3 is 19.6 Å². The molecule has 1 saturated heterocycles. The van der Waals surface area contributed by atoms with Crippen LogP contribution >= 0.6 is 0 Å². The Hall–Kier alpha value is -1.63. The zero-order valence-corrected chi connectivity index (χ0v) is 15.7. The van der Waals surface area contributed by atoms with E-state index in [4.69, 9.17) is 4.52 Å². The van der Waals surface area contributed by atoms with Crippen molar-refractivity contribution in [2.45, 2.75) is 69.9 Å². The maximum atomic E-state index is 12.6. The largest absolute Gasteiger partial charge is 0.337 e. The van der Waals surface area contributed by atoms with Crippen molar-refractivity contribution in [1.29, 1.82) is 0 Å². The van der Waals surface area contributed by atoms with Crippen LogP contribution in [0.4, 0.5) is 4.79 Å². The number of carbonyl (C=O) groups excluding carboxylic acids is 1. The monoisotopic (exact) mass is 349 g/mol. The Kier molecular flexibility index (Phi) is 5.93. The summed E-state index contributed by atoms with van der Waals surface area (Å²) >= 11 is 0. The van der Waals surface area contributed by atoms with Crippen molar-refractivity contribution < 1.29 is 9.32 Å². The van der Waals surface area contributed by atoms with E-state index in [-0.39, 0.29) is 12.1 Å². The molecule has 1 aliphatic heterocycles. The van der Waals surface area contributed by atoms with Crippen LogP contribution in [0, 0.1) is 0 Å². The Morgan fingerprint density at radius 2 is 2.00 bits per heavy atom. The van der Waals surface area contributed by atoms with Gasteiger partial charge in [0, 0.05) is 25.0 Å². The van der Waals surface area contributed by atoms with Gasteiger partial charge in [-0.25, -0.2) is 4.79 Å². The highest BCUT2D eigenvalue weighted by molar-refractivity contribution is 5.74. The second kappa shape index (κ2) is 8.17. The summed E-state index contributed by atoms with van der Waals surface area (Å²) in [4.78, 5) is 21.2. The van der Waals surface area contributed by atoms with Gasteiger partial charge in [-0.3, -0.25) is 0 Å². The number of nitrogens with zero attached hydrogens (tertiary/aromatic N) is 4. The van der Waals surface area contributed by atoms with E-state index >= 15 is 0 Å². The van der Waals surface area contributed by atoms with Gasteiger partial charge in [0.1, 0.15) is 6.04 Å². The molecular formula is C18H31N5O2. The first-order valence-corrected chi connectivity index (χ1v) is 9.60. The summed E-state index contributed by atoms with van der Waals surface area (Å²) < 4.78 is 5.42. The van der Waals surface area contributed by atoms with Crippen molar-refractivity contribution in [1.82, 2.24) is 25.3 Å². The van der Waals surface area contributed by atoms with E-state index in [9.17, 15) is 4.79 Å². The second-order valence-corrected chi connectivity index (χ2v) is 7.70. The minimum atomic E-state index is -0.267. The molecule has 1 aliphatic carbocycles. The molecule has 2 fully saturated rings. The topological polar surface area (TPSA) is 74.5 Å². The number of carbonyl (C=O) groups is 1.